The summed E-state index contributed by atoms with van der Waals surface area (Å²) in [6.07, 6.45) is 1.57. The molecule has 3 aromatic carbocycles. The Balaban J connectivity index is 1.24. The van der Waals surface area contributed by atoms with E-state index in [4.69, 9.17) is 22.1 Å². The third-order valence-electron chi connectivity index (χ3n) is 7.77. The molecule has 0 aliphatic carbocycles. The Hall–Kier alpha value is -4.90. The molecular weight excluding hydrogens is 586 g/mol. The molecule has 44 heavy (non-hydrogen) atoms. The molecule has 0 atom stereocenters. The van der Waals surface area contributed by atoms with E-state index in [1.165, 1.54) is 17.0 Å². The fourth-order valence-electron chi connectivity index (χ4n) is 5.49. The van der Waals surface area contributed by atoms with Crippen molar-refractivity contribution in [3.8, 4) is 5.75 Å². The monoisotopic (exact) mass is 616 g/mol. The first-order chi connectivity index (χ1) is 21.2. The summed E-state index contributed by atoms with van der Waals surface area (Å²) in [4.78, 5) is 68.6. The first-order valence-electron chi connectivity index (χ1n) is 14.1. The zero-order valence-corrected chi connectivity index (χ0v) is 24.5. The molecule has 6 amide bonds. The van der Waals surface area contributed by atoms with Crippen LogP contribution in [0.5, 0.6) is 5.75 Å². The molecule has 0 saturated carbocycles. The van der Waals surface area contributed by atoms with E-state index in [9.17, 15) is 24.0 Å². The summed E-state index contributed by atoms with van der Waals surface area (Å²) in [5.74, 6) is -0.868. The Morgan fingerprint density at radius 1 is 0.909 bits per heavy atom. The molecule has 0 unspecified atom stereocenters. The summed E-state index contributed by atoms with van der Waals surface area (Å²) < 4.78 is 4.80. The van der Waals surface area contributed by atoms with Crippen molar-refractivity contribution in [1.29, 1.82) is 0 Å². The van der Waals surface area contributed by atoms with E-state index in [1.54, 1.807) is 59.9 Å². The van der Waals surface area contributed by atoms with Crippen molar-refractivity contribution in [3.05, 3.63) is 101 Å². The molecule has 0 bridgehead atoms. The molecule has 2 aliphatic heterocycles. The first-order valence-corrected chi connectivity index (χ1v) is 14.4. The van der Waals surface area contributed by atoms with Crippen LogP contribution in [0, 0.1) is 6.42 Å². The second-order valence-corrected chi connectivity index (χ2v) is 11.0. The number of amides is 6. The summed E-state index contributed by atoms with van der Waals surface area (Å²) in [7, 11) is 0. The van der Waals surface area contributed by atoms with Crippen molar-refractivity contribution in [2.75, 3.05) is 24.5 Å². The highest BCUT2D eigenvalue weighted by Gasteiger charge is 2.59. The highest BCUT2D eigenvalue weighted by atomic mass is 35.5. The van der Waals surface area contributed by atoms with Crippen molar-refractivity contribution < 1.29 is 28.7 Å². The maximum absolute atomic E-state index is 13.9. The van der Waals surface area contributed by atoms with Gasteiger partial charge in [0.25, 0.3) is 5.91 Å². The van der Waals surface area contributed by atoms with E-state index in [-0.39, 0.29) is 44.1 Å². The number of rotatable bonds is 9. The molecule has 2 aliphatic rings. The van der Waals surface area contributed by atoms with Gasteiger partial charge in [-0.3, -0.25) is 24.2 Å². The van der Waals surface area contributed by atoms with Crippen LogP contribution >= 0.6 is 11.6 Å². The number of carbonyl (C=O) groups excluding carboxylic acids is 5. The average Bonchev–Trinajstić information content (AvgIpc) is 3.21. The molecule has 1 spiro atoms. The van der Waals surface area contributed by atoms with Crippen molar-refractivity contribution in [3.63, 3.8) is 0 Å². The number of carbonyl (C=O) groups is 5. The van der Waals surface area contributed by atoms with Gasteiger partial charge in [0.05, 0.1) is 6.42 Å². The maximum atomic E-state index is 13.9. The number of anilines is 1. The molecule has 3 N–H and O–H groups in total. The van der Waals surface area contributed by atoms with Crippen molar-refractivity contribution in [1.82, 2.24) is 15.1 Å². The van der Waals surface area contributed by atoms with E-state index >= 15 is 0 Å². The van der Waals surface area contributed by atoms with Crippen molar-refractivity contribution in [2.45, 2.75) is 31.3 Å². The maximum Gasteiger partial charge on any atom is 0.409 e. The van der Waals surface area contributed by atoms with Crippen LogP contribution in [0.3, 0.4) is 0 Å². The quantitative estimate of drug-likeness (QED) is 0.351. The topological polar surface area (TPSA) is 142 Å². The van der Waals surface area contributed by atoms with Gasteiger partial charge >= 0.3 is 12.1 Å². The molecule has 0 aromatic heterocycles. The number of hydrogen-bond acceptors (Lipinski definition) is 6. The SMILES string of the molecule is NC(=O)Oc1ccc(CNC(=O)CN2C(=O)N(c3ccccc3)C3(CCN(C(=O)[CH]Cc4ccc(Cl)cc4)CC3)C2=O)cc1. The molecule has 227 valence electrons. The largest absolute Gasteiger partial charge is 0.411 e. The van der Waals surface area contributed by atoms with E-state index < -0.39 is 36.0 Å². The van der Waals surface area contributed by atoms with Gasteiger partial charge in [-0.25, -0.2) is 9.59 Å². The van der Waals surface area contributed by atoms with E-state index in [0.717, 1.165) is 10.5 Å². The number of nitrogens with two attached hydrogens (primary N) is 1. The van der Waals surface area contributed by atoms with Gasteiger partial charge in [0.2, 0.25) is 11.8 Å². The second-order valence-electron chi connectivity index (χ2n) is 10.6. The Bertz CT molecular complexity index is 1540. The minimum atomic E-state index is -1.22. The Labute approximate surface area is 259 Å². The predicted octanol–water partition coefficient (Wildman–Crippen LogP) is 3.69. The highest BCUT2D eigenvalue weighted by Crippen LogP contribution is 2.40. The van der Waals surface area contributed by atoms with Crippen molar-refractivity contribution in [2.24, 2.45) is 5.73 Å². The van der Waals surface area contributed by atoms with Crippen LogP contribution in [0.1, 0.15) is 24.0 Å². The number of imide groups is 1. The Morgan fingerprint density at radius 3 is 2.18 bits per heavy atom. The number of nitrogens with zero attached hydrogens (tertiary/aromatic N) is 3. The van der Waals surface area contributed by atoms with Crippen LogP contribution < -0.4 is 20.7 Å². The van der Waals surface area contributed by atoms with Crippen LogP contribution in [0.15, 0.2) is 78.9 Å². The Kier molecular flexibility index (Phi) is 9.15. The van der Waals surface area contributed by atoms with Crippen LogP contribution in [-0.4, -0.2) is 64.8 Å². The van der Waals surface area contributed by atoms with Crippen LogP contribution in [0.4, 0.5) is 15.3 Å². The molecular formula is C32H31ClN5O6. The lowest BCUT2D eigenvalue weighted by atomic mass is 9.85. The predicted molar refractivity (Wildman–Crippen MR) is 163 cm³/mol. The number of ether oxygens (including phenoxy) is 1. The number of piperidine rings is 1. The number of likely N-dealkylation sites (tertiary alicyclic amines) is 1. The van der Waals surface area contributed by atoms with E-state index in [1.807, 2.05) is 18.2 Å². The van der Waals surface area contributed by atoms with Gasteiger partial charge in [0.15, 0.2) is 0 Å². The van der Waals surface area contributed by atoms with E-state index in [2.05, 4.69) is 5.32 Å². The fraction of sp³-hybridized carbons (Fsp3) is 0.250. The molecule has 3 aromatic rings. The molecule has 2 fully saturated rings. The summed E-state index contributed by atoms with van der Waals surface area (Å²) in [5.41, 5.74) is 5.99. The summed E-state index contributed by atoms with van der Waals surface area (Å²) in [6.45, 7) is 0.216. The van der Waals surface area contributed by atoms with Crippen LogP contribution in [0.25, 0.3) is 0 Å². The van der Waals surface area contributed by atoms with Gasteiger partial charge in [0, 0.05) is 30.3 Å². The summed E-state index contributed by atoms with van der Waals surface area (Å²) in [6, 6.07) is 21.9. The number of halogens is 1. The van der Waals surface area contributed by atoms with Gasteiger partial charge in [-0.05, 0) is 66.8 Å². The lowest BCUT2D eigenvalue weighted by Crippen LogP contribution is -2.57. The Morgan fingerprint density at radius 2 is 1.55 bits per heavy atom. The van der Waals surface area contributed by atoms with Crippen LogP contribution in [-0.2, 0) is 27.3 Å². The second kappa shape index (κ2) is 13.2. The lowest BCUT2D eigenvalue weighted by Gasteiger charge is -2.42. The standard InChI is InChI=1S/C32H31ClN5O6/c33-24-11-6-22(7-12-24)10-15-28(40)36-18-16-32(17-19-36)29(41)37(31(43)38(32)25-4-2-1-3-5-25)21-27(39)35-20-23-8-13-26(14-9-23)44-30(34)42/h1-9,11-15H,10,16-21H2,(H2,34,42)(H,35,39). The van der Waals surface area contributed by atoms with Gasteiger partial charge in [-0.2, -0.15) is 0 Å². The number of nitrogens with one attached hydrogen (secondary N) is 1. The van der Waals surface area contributed by atoms with Crippen molar-refractivity contribution >= 4 is 47.1 Å². The average molecular weight is 617 g/mol. The minimum Gasteiger partial charge on any atom is -0.411 e. The highest BCUT2D eigenvalue weighted by molar-refractivity contribution is 6.30. The third-order valence-corrected chi connectivity index (χ3v) is 8.02. The summed E-state index contributed by atoms with van der Waals surface area (Å²) in [5, 5.41) is 3.35. The van der Waals surface area contributed by atoms with Gasteiger partial charge < -0.3 is 20.7 Å². The summed E-state index contributed by atoms with van der Waals surface area (Å²) >= 11 is 5.95. The number of para-hydroxylation sites is 1. The first kappa shape index (κ1) is 30.6. The number of hydrogen-bond donors (Lipinski definition) is 2. The number of benzene rings is 3. The molecule has 11 nitrogen and oxygen atoms in total. The van der Waals surface area contributed by atoms with Gasteiger partial charge in [-0.15, -0.1) is 0 Å². The molecule has 5 rings (SSSR count). The number of primary amides is 1. The van der Waals surface area contributed by atoms with Gasteiger partial charge in [-0.1, -0.05) is 54.1 Å². The van der Waals surface area contributed by atoms with E-state index in [0.29, 0.717) is 22.7 Å². The normalized spacial score (nSPS) is 15.9. The molecule has 2 heterocycles. The molecule has 12 heteroatoms. The van der Waals surface area contributed by atoms with Crippen LogP contribution in [0.2, 0.25) is 5.02 Å². The fourth-order valence-corrected chi connectivity index (χ4v) is 5.62. The third kappa shape index (κ3) is 6.68. The zero-order valence-electron chi connectivity index (χ0n) is 23.8. The zero-order chi connectivity index (χ0) is 31.3. The van der Waals surface area contributed by atoms with Gasteiger partial charge in [0.1, 0.15) is 17.8 Å². The smallest absolute Gasteiger partial charge is 0.409 e. The lowest BCUT2D eigenvalue weighted by molar-refractivity contribution is -0.138. The number of urea groups is 1. The molecule has 2 saturated heterocycles. The minimum absolute atomic E-state index is 0.128. The molecule has 1 radical (unpaired) electrons.